The van der Waals surface area contributed by atoms with Gasteiger partial charge >= 0.3 is 37.7 Å². The number of benzene rings is 4. The van der Waals surface area contributed by atoms with Crippen molar-refractivity contribution in [3.05, 3.63) is 82.9 Å². The van der Waals surface area contributed by atoms with Crippen LogP contribution in [0.3, 0.4) is 0 Å². The molecule has 0 aliphatic heterocycles. The molecule has 0 aliphatic rings. The van der Waals surface area contributed by atoms with Gasteiger partial charge in [-0.1, -0.05) is 141 Å². The Morgan fingerprint density at radius 1 is 0.415 bits per heavy atom. The zero-order chi connectivity index (χ0) is 38.0. The number of rotatable bonds is 22. The molecule has 0 radical (unpaired) electrons. The molecular weight excluding hydrogens is 729 g/mol. The topological polar surface area (TPSA) is 114 Å². The number of unbranched alkanes of at least 4 members (excludes halogenated alkanes) is 12. The molecule has 288 valence electrons. The van der Waals surface area contributed by atoms with Crippen LogP contribution in [0.4, 0.5) is 0 Å². The SMILES string of the molecule is CCCCCCc1cc(CCCCCC)c2cc(S(=O)(=O)[O-])ccc2c1.CCCCCCc1cc(CCCCCC)c2cc(S(=O)(=O)[O-])ccc2c1.[Ca+2]. The van der Waals surface area contributed by atoms with Gasteiger partial charge < -0.3 is 9.11 Å². The van der Waals surface area contributed by atoms with E-state index in [1.807, 2.05) is 0 Å². The summed E-state index contributed by atoms with van der Waals surface area (Å²) < 4.78 is 68.4. The second-order valence-corrected chi connectivity index (χ2v) is 17.2. The fourth-order valence-corrected chi connectivity index (χ4v) is 7.97. The summed E-state index contributed by atoms with van der Waals surface area (Å²) in [7, 11) is -8.84. The van der Waals surface area contributed by atoms with E-state index < -0.39 is 20.2 Å². The molecule has 0 saturated heterocycles. The largest absolute Gasteiger partial charge is 2.00 e. The van der Waals surface area contributed by atoms with Crippen LogP contribution in [0, 0.1) is 0 Å². The molecular formula is C44H62CaO6S2. The molecule has 0 spiro atoms. The molecule has 0 amide bonds. The predicted octanol–water partition coefficient (Wildman–Crippen LogP) is 11.6. The maximum absolute atomic E-state index is 11.4. The standard InChI is InChI=1S/2C22H32O3S.Ca/c2*1-3-5-7-9-11-18-15-19(12-10-8-6-4-2)22-17-21(26(23,24)25)14-13-20(22)16-18;/h2*13-17H,3-12H2,1-2H3,(H,23,24,25);/q;;+2/p-2. The third-order valence-corrected chi connectivity index (χ3v) is 11.6. The Morgan fingerprint density at radius 3 is 1.04 bits per heavy atom. The Bertz CT molecular complexity index is 1770. The van der Waals surface area contributed by atoms with E-state index in [0.717, 1.165) is 60.1 Å². The third kappa shape index (κ3) is 16.6. The van der Waals surface area contributed by atoms with Gasteiger partial charge in [-0.2, -0.15) is 0 Å². The van der Waals surface area contributed by atoms with Gasteiger partial charge in [0.1, 0.15) is 20.2 Å². The first kappa shape index (κ1) is 47.6. The Balaban J connectivity index is 0.000000360. The molecule has 53 heavy (non-hydrogen) atoms. The average molecular weight is 791 g/mol. The van der Waals surface area contributed by atoms with Gasteiger partial charge in [0.15, 0.2) is 0 Å². The van der Waals surface area contributed by atoms with Crippen molar-refractivity contribution in [3.8, 4) is 0 Å². The molecule has 0 bridgehead atoms. The molecule has 0 unspecified atom stereocenters. The second-order valence-electron chi connectivity index (χ2n) is 14.4. The van der Waals surface area contributed by atoms with Gasteiger partial charge in [0, 0.05) is 0 Å². The van der Waals surface area contributed by atoms with Crippen molar-refractivity contribution in [1.29, 1.82) is 0 Å². The summed E-state index contributed by atoms with van der Waals surface area (Å²) in [5.41, 5.74) is 4.98. The molecule has 0 atom stereocenters. The molecule has 9 heteroatoms. The van der Waals surface area contributed by atoms with Crippen LogP contribution in [0.25, 0.3) is 21.5 Å². The first-order valence-corrected chi connectivity index (χ1v) is 22.8. The fraction of sp³-hybridized carbons (Fsp3) is 0.545. The molecule has 0 saturated carbocycles. The summed E-state index contributed by atoms with van der Waals surface area (Å²) >= 11 is 0. The number of aryl methyl sites for hydroxylation is 4. The van der Waals surface area contributed by atoms with Crippen molar-refractivity contribution in [1.82, 2.24) is 0 Å². The average Bonchev–Trinajstić information content (AvgIpc) is 3.11. The second kappa shape index (κ2) is 24.9. The van der Waals surface area contributed by atoms with Gasteiger partial charge in [-0.05, 0) is 119 Å². The molecule has 4 aromatic carbocycles. The molecule has 4 rings (SSSR count). The van der Waals surface area contributed by atoms with E-state index >= 15 is 0 Å². The van der Waals surface area contributed by atoms with Gasteiger partial charge in [-0.15, -0.1) is 0 Å². The van der Waals surface area contributed by atoms with Crippen molar-refractivity contribution in [2.24, 2.45) is 0 Å². The normalized spacial score (nSPS) is 11.7. The smallest absolute Gasteiger partial charge is 0.744 e. The van der Waals surface area contributed by atoms with E-state index in [4.69, 9.17) is 0 Å². The van der Waals surface area contributed by atoms with Crippen LogP contribution < -0.4 is 0 Å². The van der Waals surface area contributed by atoms with E-state index in [2.05, 4.69) is 52.0 Å². The van der Waals surface area contributed by atoms with Crippen LogP contribution in [0.2, 0.25) is 0 Å². The van der Waals surface area contributed by atoms with E-state index in [1.165, 1.54) is 124 Å². The van der Waals surface area contributed by atoms with Crippen LogP contribution in [-0.4, -0.2) is 63.7 Å². The first-order chi connectivity index (χ1) is 24.9. The predicted molar refractivity (Wildman–Crippen MR) is 221 cm³/mol. The zero-order valence-electron chi connectivity index (χ0n) is 32.9. The Labute approximate surface area is 351 Å². The van der Waals surface area contributed by atoms with Crippen molar-refractivity contribution in [2.45, 2.75) is 166 Å². The van der Waals surface area contributed by atoms with E-state index in [9.17, 15) is 25.9 Å². The van der Waals surface area contributed by atoms with E-state index in [1.54, 1.807) is 24.3 Å². The summed E-state index contributed by atoms with van der Waals surface area (Å²) in [6.45, 7) is 8.81. The van der Waals surface area contributed by atoms with E-state index in [0.29, 0.717) is 0 Å². The van der Waals surface area contributed by atoms with Crippen molar-refractivity contribution in [3.63, 3.8) is 0 Å². The summed E-state index contributed by atoms with van der Waals surface area (Å²) in [5, 5.41) is 3.90. The monoisotopic (exact) mass is 790 g/mol. The summed E-state index contributed by atoms with van der Waals surface area (Å²) in [6, 6.07) is 18.3. The van der Waals surface area contributed by atoms with Gasteiger partial charge in [0.05, 0.1) is 9.79 Å². The quantitative estimate of drug-likeness (QED) is 0.0445. The summed E-state index contributed by atoms with van der Waals surface area (Å²) in [5.74, 6) is 0. The molecule has 0 N–H and O–H groups in total. The molecule has 0 aliphatic carbocycles. The van der Waals surface area contributed by atoms with Gasteiger partial charge in [0.25, 0.3) is 0 Å². The molecule has 0 fully saturated rings. The summed E-state index contributed by atoms with van der Waals surface area (Å²) in [6.07, 6.45) is 23.2. The minimum absolute atomic E-state index is 0. The number of hydrogen-bond donors (Lipinski definition) is 0. The Hall–Kier alpha value is -1.52. The van der Waals surface area contributed by atoms with Crippen LogP contribution in [0.5, 0.6) is 0 Å². The van der Waals surface area contributed by atoms with E-state index in [-0.39, 0.29) is 47.5 Å². The van der Waals surface area contributed by atoms with Crippen molar-refractivity contribution in [2.75, 3.05) is 0 Å². The third-order valence-electron chi connectivity index (χ3n) is 9.96. The maximum Gasteiger partial charge on any atom is 2.00 e. The van der Waals surface area contributed by atoms with Crippen LogP contribution >= 0.6 is 0 Å². The van der Waals surface area contributed by atoms with Crippen LogP contribution in [0.15, 0.2) is 70.5 Å². The molecule has 6 nitrogen and oxygen atoms in total. The minimum Gasteiger partial charge on any atom is -0.744 e. The van der Waals surface area contributed by atoms with Gasteiger partial charge in [-0.25, -0.2) is 16.8 Å². The summed E-state index contributed by atoms with van der Waals surface area (Å²) in [4.78, 5) is -0.258. The van der Waals surface area contributed by atoms with Crippen LogP contribution in [0.1, 0.15) is 153 Å². The Morgan fingerprint density at radius 2 is 0.736 bits per heavy atom. The van der Waals surface area contributed by atoms with Crippen LogP contribution in [-0.2, 0) is 45.9 Å². The maximum atomic E-state index is 11.4. The molecule has 0 aromatic heterocycles. The first-order valence-electron chi connectivity index (χ1n) is 19.9. The zero-order valence-corrected chi connectivity index (χ0v) is 36.7. The van der Waals surface area contributed by atoms with Gasteiger partial charge in [0.2, 0.25) is 0 Å². The molecule has 4 aromatic rings. The molecule has 0 heterocycles. The number of hydrogen-bond acceptors (Lipinski definition) is 6. The fourth-order valence-electron chi connectivity index (χ4n) is 6.97. The van der Waals surface area contributed by atoms with Crippen molar-refractivity contribution >= 4 is 79.5 Å². The van der Waals surface area contributed by atoms with Gasteiger partial charge in [-0.3, -0.25) is 0 Å². The minimum atomic E-state index is -4.42. The Kier molecular flexibility index (Phi) is 22.4. The van der Waals surface area contributed by atoms with Crippen molar-refractivity contribution < 1.29 is 25.9 Å². The number of fused-ring (bicyclic) bond motifs is 2.